The van der Waals surface area contributed by atoms with Crippen molar-refractivity contribution in [2.24, 2.45) is 0 Å². The molecule has 0 spiro atoms. The van der Waals surface area contributed by atoms with E-state index in [0.717, 1.165) is 0 Å². The summed E-state index contributed by atoms with van der Waals surface area (Å²) in [7, 11) is 0. The Hall–Kier alpha value is 55.2. The second-order valence-electron chi connectivity index (χ2n) is 1.33. The number of hydrogen-bond acceptors (Lipinski definition) is 6. The summed E-state index contributed by atoms with van der Waals surface area (Å²) < 4.78 is 7.12. The quantitative estimate of drug-likeness (QED) is 0.159. The molecule has 203 valence electrons. The van der Waals surface area contributed by atoms with E-state index < -0.39 is 18.1 Å². The molecule has 0 aliphatic carbocycles. The molecular formula is C3H2O6Y51. The van der Waals surface area contributed by atoms with Crippen LogP contribution in [0.1, 0.15) is 0 Å². The van der Waals surface area contributed by atoms with E-state index in [1.165, 1.54) is 0 Å². The van der Waals surface area contributed by atoms with Gasteiger partial charge in [0.2, 0.25) is 0 Å². The molecule has 1 aliphatic rings. The fourth-order valence-corrected chi connectivity index (χ4v) is 0.346. The first-order chi connectivity index (χ1) is 4.01. The molecule has 1 saturated heterocycles. The molecule has 6 nitrogen and oxygen atoms in total. The van der Waals surface area contributed by atoms with Gasteiger partial charge in [-0.3, -0.25) is 10.2 Å². The summed E-state index contributed by atoms with van der Waals surface area (Å²) in [6, 6.07) is 0. The molecule has 0 aromatic heterocycles. The van der Waals surface area contributed by atoms with E-state index in [1.807, 2.05) is 0 Å². The Morgan fingerprint density at radius 3 is 0.250 bits per heavy atom. The first-order valence-electron chi connectivity index (χ1n) is 1.92. The number of esters is 2. The van der Waals surface area contributed by atoms with Crippen molar-refractivity contribution in [2.75, 3.05) is 0 Å². The molecule has 0 unspecified atom stereocenters. The van der Waals surface area contributed by atoms with E-state index in [0.29, 0.717) is 0 Å². The van der Waals surface area contributed by atoms with Crippen LogP contribution in [0.3, 0.4) is 0 Å². The van der Waals surface area contributed by atoms with Crippen LogP contribution >= 0.6 is 0 Å². The molecule has 51 radical (unpaired) electrons. The fraction of sp³-hybridized carbons (Fsp3) is 0.333. The molecular weight excluding hydrogens is 4670 g/mol. The monoisotopic (exact) mass is 4670 g/mol. The summed E-state index contributed by atoms with van der Waals surface area (Å²) >= 11 is 0. The first kappa shape index (κ1) is 365. The summed E-state index contributed by atoms with van der Waals surface area (Å²) in [6.07, 6.45) is -3.06. The number of rotatable bonds is 0. The number of cyclic esters (lactones) is 2. The molecule has 1 aliphatic heterocycles. The van der Waals surface area contributed by atoms with Crippen molar-refractivity contribution >= 4 is 11.9 Å². The predicted molar refractivity (Wildman–Crippen MR) is 19.4 cm³/mol. The van der Waals surface area contributed by atoms with Crippen LogP contribution in [0.2, 0.25) is 0 Å². The molecule has 2 N–H and O–H groups in total. The maximum Gasteiger partial charge on any atom is 0.509 e. The third-order valence-electron chi connectivity index (χ3n) is 0.618. The predicted octanol–water partition coefficient (Wildman–Crippen LogP) is -2.45. The van der Waals surface area contributed by atoms with Crippen molar-refractivity contribution in [3.63, 3.8) is 0 Å². The van der Waals surface area contributed by atoms with Crippen LogP contribution in [0.5, 0.6) is 0 Å². The van der Waals surface area contributed by atoms with Gasteiger partial charge in [-0.05, 0) is 0 Å². The number of ether oxygens (including phenoxy) is 2. The summed E-state index contributed by atoms with van der Waals surface area (Å²) in [5.41, 5.74) is 0. The van der Waals surface area contributed by atoms with E-state index in [4.69, 9.17) is 10.2 Å². The van der Waals surface area contributed by atoms with Gasteiger partial charge in [0, 0.05) is 1670 Å². The van der Waals surface area contributed by atoms with E-state index in [2.05, 4.69) is 9.47 Å². The van der Waals surface area contributed by atoms with Crippen LogP contribution in [-0.2, 0) is 1690 Å². The van der Waals surface area contributed by atoms with E-state index in [-0.39, 0.29) is 1670 Å². The number of hydrogen-bond donors (Lipinski definition) is 2. The second kappa shape index (κ2) is 306. The van der Waals surface area contributed by atoms with Gasteiger partial charge in [0.05, 0.1) is 0 Å². The fourth-order valence-electron chi connectivity index (χ4n) is 0.346. The number of carbonyl (C=O) groups is 2. The van der Waals surface area contributed by atoms with Crippen LogP contribution in [0.4, 0.5) is 0 Å². The average molecular weight is 4670 g/mol. The van der Waals surface area contributed by atoms with Crippen LogP contribution in [0.25, 0.3) is 0 Å². The van der Waals surface area contributed by atoms with Gasteiger partial charge < -0.3 is 9.47 Å². The van der Waals surface area contributed by atoms with Crippen molar-refractivity contribution in [1.29, 1.82) is 0 Å². The smallest absolute Gasteiger partial charge is 0.365 e. The summed E-state index contributed by atoms with van der Waals surface area (Å²) in [5, 5.41) is 16.4. The average Bonchev–Trinajstić information content (AvgIpc) is 1.79. The van der Waals surface area contributed by atoms with Gasteiger partial charge in [-0.25, -0.2) is 9.59 Å². The van der Waals surface area contributed by atoms with Gasteiger partial charge >= 0.3 is 18.1 Å². The third kappa shape index (κ3) is 298. The molecule has 0 aromatic rings. The van der Waals surface area contributed by atoms with Gasteiger partial charge in [-0.1, -0.05) is 0 Å². The summed E-state index contributed by atoms with van der Waals surface area (Å²) in [6.45, 7) is 0. The maximum atomic E-state index is 9.97. The first-order valence-corrected chi connectivity index (χ1v) is 1.92. The van der Waals surface area contributed by atoms with E-state index >= 15 is 0 Å². The normalized spacial score (nSPS) is 3.50. The van der Waals surface area contributed by atoms with Crippen molar-refractivity contribution in [1.82, 2.24) is 0 Å². The van der Waals surface area contributed by atoms with Gasteiger partial charge in [0.1, 0.15) is 0 Å². The Balaban J connectivity index is -0.000000000324. The molecule has 1 rings (SSSR count). The molecule has 1 heterocycles. The minimum Gasteiger partial charge on any atom is -0.365 e. The van der Waals surface area contributed by atoms with Crippen molar-refractivity contribution in [3.8, 4) is 0 Å². The minimum absolute atomic E-state index is 0. The van der Waals surface area contributed by atoms with Crippen LogP contribution < -0.4 is 0 Å². The Bertz CT molecular complexity index is 188. The molecule has 0 amide bonds. The van der Waals surface area contributed by atoms with Gasteiger partial charge in [-0.2, -0.15) is 0 Å². The zero-order valence-electron chi connectivity index (χ0n) is 33.5. The Morgan fingerprint density at radius 1 is 0.183 bits per heavy atom. The Labute approximate surface area is 1650 Å². The molecule has 0 atom stereocenters. The van der Waals surface area contributed by atoms with Crippen molar-refractivity contribution in [3.05, 3.63) is 0 Å². The van der Waals surface area contributed by atoms with Gasteiger partial charge in [0.25, 0.3) is 0 Å². The van der Waals surface area contributed by atoms with Gasteiger partial charge in [0.15, 0.2) is 0 Å². The summed E-state index contributed by atoms with van der Waals surface area (Å²) in [5.74, 6) is -2.83. The van der Waals surface area contributed by atoms with Gasteiger partial charge in [-0.15, -0.1) is 0 Å². The number of carbonyl (C=O) groups excluding carboxylic acids is 2. The minimum atomic E-state index is -3.06. The topological polar surface area (TPSA) is 93.1 Å². The van der Waals surface area contributed by atoms with Crippen LogP contribution in [0.15, 0.2) is 0 Å². The molecule has 0 bridgehead atoms. The summed E-state index contributed by atoms with van der Waals surface area (Å²) in [4.78, 5) is 19.9. The third-order valence-corrected chi connectivity index (χ3v) is 0.618. The van der Waals surface area contributed by atoms with E-state index in [1.54, 1.807) is 0 Å². The largest absolute Gasteiger partial charge is 0.509 e. The zero-order valence-corrected chi connectivity index (χ0v) is 178. The zero-order chi connectivity index (χ0) is 7.07. The molecule has 60 heavy (non-hydrogen) atoms. The van der Waals surface area contributed by atoms with Crippen LogP contribution in [0, 0.1) is 0 Å². The molecule has 1 fully saturated rings. The maximum absolute atomic E-state index is 9.97. The number of aliphatic hydroxyl groups is 2. The van der Waals surface area contributed by atoms with Crippen molar-refractivity contribution in [2.45, 2.75) is 6.16 Å². The molecule has 57 heteroatoms. The standard InChI is InChI=1S/C3H2O6.51Y/c4-1-2(5)9-3(6,7)8-1;;;;;;;;;;;;;;;;;;;;;;;;;;;;;;;;;;;;;;;;;;;;;;;;;;;/h6-7H;;;;;;;;;;;;;;;;;;;;;;;;;;;;;;;;;;;;;;;;;;;;;;;;;;;. The van der Waals surface area contributed by atoms with E-state index in [9.17, 15) is 9.59 Å². The molecule has 0 saturated carbocycles. The Kier molecular flexibility index (Phi) is 1860. The van der Waals surface area contributed by atoms with Crippen LogP contribution in [-0.4, -0.2) is 28.3 Å². The SMILES string of the molecule is O=C1OC(O)(O)OC1=O.[Y].[Y].[Y].[Y].[Y].[Y].[Y].[Y].[Y].[Y].[Y].[Y].[Y].[Y].[Y].[Y].[Y].[Y].[Y].[Y].[Y].[Y].[Y].[Y].[Y].[Y].[Y].[Y].[Y].[Y].[Y].[Y].[Y].[Y].[Y].[Y].[Y].[Y].[Y].[Y].[Y].[Y].[Y].[Y].[Y].[Y].[Y].[Y].[Y].[Y].[Y]. The molecule has 0 aromatic carbocycles. The Morgan fingerprint density at radius 2 is 0.233 bits per heavy atom. The van der Waals surface area contributed by atoms with Crippen molar-refractivity contribution < 1.29 is 1700 Å². The second-order valence-corrected chi connectivity index (χ2v) is 1.33.